The summed E-state index contributed by atoms with van der Waals surface area (Å²) in [5.41, 5.74) is 0. The molecule has 1 rings (SSSR count). The van der Waals surface area contributed by atoms with Gasteiger partial charge in [0.2, 0.25) is 0 Å². The fraction of sp³-hybridized carbons (Fsp3) is 0.889. The minimum absolute atomic E-state index is 0.0687. The van der Waals surface area contributed by atoms with Gasteiger partial charge in [0.1, 0.15) is 0 Å². The Bertz CT molecular complexity index is 169. The van der Waals surface area contributed by atoms with Gasteiger partial charge in [0.05, 0.1) is 19.8 Å². The summed E-state index contributed by atoms with van der Waals surface area (Å²) in [6.45, 7) is 3.05. The second-order valence-electron chi connectivity index (χ2n) is 3.18. The standard InChI is InChI=1S/C9H18N2O3/c1-10-3-2-4-11-9(12)8-7-13-5-6-14-8/h8,10H,2-7H2,1H3,(H,11,12). The first-order valence-electron chi connectivity index (χ1n) is 4.96. The van der Waals surface area contributed by atoms with Crippen LogP contribution in [0.25, 0.3) is 0 Å². The van der Waals surface area contributed by atoms with E-state index >= 15 is 0 Å². The first kappa shape index (κ1) is 11.4. The van der Waals surface area contributed by atoms with E-state index in [-0.39, 0.29) is 5.91 Å². The van der Waals surface area contributed by atoms with Crippen molar-refractivity contribution in [2.75, 3.05) is 40.0 Å². The summed E-state index contributed by atoms with van der Waals surface area (Å²) in [4.78, 5) is 11.4. The molecular formula is C9H18N2O3. The number of ether oxygens (including phenoxy) is 2. The van der Waals surface area contributed by atoms with Crippen LogP contribution in [0.3, 0.4) is 0 Å². The van der Waals surface area contributed by atoms with Crippen LogP contribution in [0.1, 0.15) is 6.42 Å². The number of amides is 1. The van der Waals surface area contributed by atoms with Gasteiger partial charge in [-0.15, -0.1) is 0 Å². The van der Waals surface area contributed by atoms with E-state index in [0.717, 1.165) is 13.0 Å². The molecule has 0 bridgehead atoms. The highest BCUT2D eigenvalue weighted by molar-refractivity contribution is 5.80. The average Bonchev–Trinajstić information content (AvgIpc) is 2.25. The molecule has 1 amide bonds. The molecule has 0 spiro atoms. The fourth-order valence-electron chi connectivity index (χ4n) is 1.23. The van der Waals surface area contributed by atoms with Crippen LogP contribution in [0, 0.1) is 0 Å². The van der Waals surface area contributed by atoms with Crippen LogP contribution in [0.2, 0.25) is 0 Å². The molecule has 5 heteroatoms. The molecule has 1 saturated heterocycles. The van der Waals surface area contributed by atoms with Crippen molar-refractivity contribution in [3.05, 3.63) is 0 Å². The highest BCUT2D eigenvalue weighted by atomic mass is 16.6. The average molecular weight is 202 g/mol. The van der Waals surface area contributed by atoms with Crippen molar-refractivity contribution in [2.24, 2.45) is 0 Å². The van der Waals surface area contributed by atoms with Gasteiger partial charge in [-0.25, -0.2) is 0 Å². The van der Waals surface area contributed by atoms with Gasteiger partial charge >= 0.3 is 0 Å². The maximum atomic E-state index is 11.4. The Morgan fingerprint density at radius 3 is 2.93 bits per heavy atom. The van der Waals surface area contributed by atoms with Crippen LogP contribution in [-0.4, -0.2) is 52.0 Å². The van der Waals surface area contributed by atoms with Gasteiger partial charge in [0.25, 0.3) is 5.91 Å². The van der Waals surface area contributed by atoms with E-state index in [0.29, 0.717) is 26.4 Å². The van der Waals surface area contributed by atoms with Gasteiger partial charge in [-0.05, 0) is 20.0 Å². The van der Waals surface area contributed by atoms with Crippen LogP contribution < -0.4 is 10.6 Å². The zero-order valence-corrected chi connectivity index (χ0v) is 8.54. The van der Waals surface area contributed by atoms with Crippen molar-refractivity contribution in [3.63, 3.8) is 0 Å². The summed E-state index contributed by atoms with van der Waals surface area (Å²) in [5.74, 6) is -0.0687. The topological polar surface area (TPSA) is 59.6 Å². The molecule has 82 valence electrons. The van der Waals surface area contributed by atoms with E-state index in [1.165, 1.54) is 0 Å². The van der Waals surface area contributed by atoms with E-state index in [9.17, 15) is 4.79 Å². The highest BCUT2D eigenvalue weighted by Crippen LogP contribution is 2.00. The molecule has 0 aliphatic carbocycles. The second-order valence-corrected chi connectivity index (χ2v) is 3.18. The minimum atomic E-state index is -0.418. The normalized spacial score (nSPS) is 21.9. The molecular weight excluding hydrogens is 184 g/mol. The zero-order valence-electron chi connectivity index (χ0n) is 8.54. The van der Waals surface area contributed by atoms with Crippen molar-refractivity contribution in [1.29, 1.82) is 0 Å². The van der Waals surface area contributed by atoms with Crippen LogP contribution in [-0.2, 0) is 14.3 Å². The number of carbonyl (C=O) groups is 1. The molecule has 0 aromatic carbocycles. The van der Waals surface area contributed by atoms with E-state index in [1.54, 1.807) is 0 Å². The number of hydrogen-bond acceptors (Lipinski definition) is 4. The maximum absolute atomic E-state index is 11.4. The largest absolute Gasteiger partial charge is 0.376 e. The van der Waals surface area contributed by atoms with Crippen LogP contribution in [0.15, 0.2) is 0 Å². The van der Waals surface area contributed by atoms with Gasteiger partial charge in [0.15, 0.2) is 6.10 Å². The first-order valence-corrected chi connectivity index (χ1v) is 4.96. The predicted molar refractivity (Wildman–Crippen MR) is 52.1 cm³/mol. The lowest BCUT2D eigenvalue weighted by molar-refractivity contribution is -0.147. The molecule has 0 saturated carbocycles. The second kappa shape index (κ2) is 6.75. The van der Waals surface area contributed by atoms with Crippen molar-refractivity contribution < 1.29 is 14.3 Å². The summed E-state index contributed by atoms with van der Waals surface area (Å²) in [6.07, 6.45) is 0.508. The van der Waals surface area contributed by atoms with Crippen LogP contribution >= 0.6 is 0 Å². The molecule has 1 atom stereocenters. The third-order valence-corrected chi connectivity index (χ3v) is 2.01. The molecule has 0 aromatic heterocycles. The van der Waals surface area contributed by atoms with Gasteiger partial charge in [-0.1, -0.05) is 0 Å². The minimum Gasteiger partial charge on any atom is -0.376 e. The lowest BCUT2D eigenvalue weighted by Crippen LogP contribution is -2.43. The molecule has 1 fully saturated rings. The molecule has 1 aliphatic rings. The van der Waals surface area contributed by atoms with Crippen LogP contribution in [0.4, 0.5) is 0 Å². The third kappa shape index (κ3) is 4.04. The maximum Gasteiger partial charge on any atom is 0.251 e. The molecule has 0 aromatic rings. The number of hydrogen-bond donors (Lipinski definition) is 2. The Morgan fingerprint density at radius 2 is 2.29 bits per heavy atom. The van der Waals surface area contributed by atoms with Crippen molar-refractivity contribution >= 4 is 5.91 Å². The summed E-state index contributed by atoms with van der Waals surface area (Å²) in [7, 11) is 1.89. The molecule has 1 unspecified atom stereocenters. The molecule has 1 aliphatic heterocycles. The lowest BCUT2D eigenvalue weighted by Gasteiger charge is -2.21. The molecule has 2 N–H and O–H groups in total. The third-order valence-electron chi connectivity index (χ3n) is 2.01. The Hall–Kier alpha value is -0.650. The van der Waals surface area contributed by atoms with E-state index in [2.05, 4.69) is 10.6 Å². The lowest BCUT2D eigenvalue weighted by atomic mass is 10.3. The molecule has 0 radical (unpaired) electrons. The van der Waals surface area contributed by atoms with Gasteiger partial charge in [-0.3, -0.25) is 4.79 Å². The van der Waals surface area contributed by atoms with E-state index in [4.69, 9.17) is 9.47 Å². The Balaban J connectivity index is 2.07. The van der Waals surface area contributed by atoms with Gasteiger partial charge in [0, 0.05) is 6.54 Å². The number of rotatable bonds is 5. The summed E-state index contributed by atoms with van der Waals surface area (Å²) < 4.78 is 10.4. The number of carbonyl (C=O) groups excluding carboxylic acids is 1. The summed E-state index contributed by atoms with van der Waals surface area (Å²) in [5, 5.41) is 5.82. The smallest absolute Gasteiger partial charge is 0.251 e. The molecule has 5 nitrogen and oxygen atoms in total. The highest BCUT2D eigenvalue weighted by Gasteiger charge is 2.21. The molecule has 14 heavy (non-hydrogen) atoms. The molecule has 1 heterocycles. The van der Waals surface area contributed by atoms with Crippen LogP contribution in [0.5, 0.6) is 0 Å². The Morgan fingerprint density at radius 1 is 1.43 bits per heavy atom. The first-order chi connectivity index (χ1) is 6.84. The van der Waals surface area contributed by atoms with E-state index < -0.39 is 6.10 Å². The van der Waals surface area contributed by atoms with Gasteiger partial charge < -0.3 is 20.1 Å². The van der Waals surface area contributed by atoms with Crippen molar-refractivity contribution in [1.82, 2.24) is 10.6 Å². The summed E-state index contributed by atoms with van der Waals surface area (Å²) >= 11 is 0. The van der Waals surface area contributed by atoms with E-state index in [1.807, 2.05) is 7.05 Å². The quantitative estimate of drug-likeness (QED) is 0.569. The van der Waals surface area contributed by atoms with Gasteiger partial charge in [-0.2, -0.15) is 0 Å². The number of nitrogens with one attached hydrogen (secondary N) is 2. The monoisotopic (exact) mass is 202 g/mol. The van der Waals surface area contributed by atoms with Crippen molar-refractivity contribution in [2.45, 2.75) is 12.5 Å². The Labute approximate surface area is 84.1 Å². The zero-order chi connectivity index (χ0) is 10.2. The SMILES string of the molecule is CNCCCNC(=O)C1COCCO1. The van der Waals surface area contributed by atoms with Crippen molar-refractivity contribution in [3.8, 4) is 0 Å². The fourth-order valence-corrected chi connectivity index (χ4v) is 1.23. The summed E-state index contributed by atoms with van der Waals surface area (Å²) in [6, 6.07) is 0. The Kier molecular flexibility index (Phi) is 5.51. The predicted octanol–water partition coefficient (Wildman–Crippen LogP) is -0.872.